The molecule has 2 unspecified atom stereocenters. The number of likely N-dealkylation sites (N-methyl/N-ethyl adjacent to an activating group) is 2. The van der Waals surface area contributed by atoms with Crippen LogP contribution < -0.4 is 5.32 Å². The molecule has 3 aromatic rings. The summed E-state index contributed by atoms with van der Waals surface area (Å²) in [5, 5.41) is 10.9. The monoisotopic (exact) mass is 523 g/mol. The number of nitrogens with zero attached hydrogens (tertiary/aromatic N) is 5. The highest BCUT2D eigenvalue weighted by molar-refractivity contribution is 7.19. The molecule has 10 heteroatoms. The van der Waals surface area contributed by atoms with Crippen LogP contribution in [0.5, 0.6) is 0 Å². The second kappa shape index (κ2) is 10.3. The predicted molar refractivity (Wildman–Crippen MR) is 145 cm³/mol. The first kappa shape index (κ1) is 24.8. The Labute approximate surface area is 220 Å². The number of aromatic amines is 1. The molecule has 2 atom stereocenters. The highest BCUT2D eigenvalue weighted by Gasteiger charge is 2.37. The summed E-state index contributed by atoms with van der Waals surface area (Å²) in [4.78, 5) is 27.4. The number of carbonyl (C=O) groups is 1. The van der Waals surface area contributed by atoms with Gasteiger partial charge in [-0.3, -0.25) is 14.8 Å². The number of pyridine rings is 1. The quantitative estimate of drug-likeness (QED) is 0.456. The van der Waals surface area contributed by atoms with Gasteiger partial charge < -0.3 is 10.2 Å². The molecule has 36 heavy (non-hydrogen) atoms. The molecule has 1 saturated heterocycles. The maximum atomic E-state index is 11.6. The zero-order valence-corrected chi connectivity index (χ0v) is 22.4. The summed E-state index contributed by atoms with van der Waals surface area (Å²) in [5.41, 5.74) is 3.52. The van der Waals surface area contributed by atoms with Crippen LogP contribution in [-0.2, 0) is 4.79 Å². The van der Waals surface area contributed by atoms with Crippen LogP contribution in [0, 0.1) is 5.92 Å². The molecule has 2 aliphatic rings. The largest absolute Gasteiger partial charge is 0.311 e. The number of allylic oxidation sites excluding steroid dienone is 3. The summed E-state index contributed by atoms with van der Waals surface area (Å²) in [6, 6.07) is 6.64. The van der Waals surface area contributed by atoms with Crippen molar-refractivity contribution >= 4 is 34.7 Å². The third-order valence-electron chi connectivity index (χ3n) is 6.90. The predicted octanol–water partition coefficient (Wildman–Crippen LogP) is 4.93. The van der Waals surface area contributed by atoms with E-state index >= 15 is 0 Å². The molecule has 188 valence electrons. The number of H-pyrrole nitrogens is 1. The van der Waals surface area contributed by atoms with E-state index in [0.29, 0.717) is 17.8 Å². The van der Waals surface area contributed by atoms with E-state index in [1.807, 2.05) is 18.2 Å². The number of hydrogen-bond donors (Lipinski definition) is 2. The summed E-state index contributed by atoms with van der Waals surface area (Å²) in [6.45, 7) is 5.80. The van der Waals surface area contributed by atoms with Gasteiger partial charge in [0.25, 0.3) is 0 Å². The van der Waals surface area contributed by atoms with Crippen molar-refractivity contribution in [2.24, 2.45) is 5.92 Å². The molecule has 5 rings (SSSR count). The molecule has 2 N–H and O–H groups in total. The Bertz CT molecular complexity index is 1310. The minimum absolute atomic E-state index is 0.0569. The van der Waals surface area contributed by atoms with Crippen LogP contribution in [0.3, 0.4) is 0 Å². The Morgan fingerprint density at radius 1 is 1.31 bits per heavy atom. The van der Waals surface area contributed by atoms with Crippen LogP contribution in [0.25, 0.3) is 21.1 Å². The Kier molecular flexibility index (Phi) is 7.07. The summed E-state index contributed by atoms with van der Waals surface area (Å²) < 4.78 is 0. The van der Waals surface area contributed by atoms with Crippen molar-refractivity contribution in [2.45, 2.75) is 32.4 Å². The standard InChI is InChI=1S/C26H30ClN7OS/c1-15-9-18(27)5-6-20(15)24(34(4)19-12-33(3)13-19)21-11-22(36-25(21)26-29-14-30-32-26)17-7-8-28-23(10-17)31-16(2)35/h5-8,10-11,14-15,19,24H,9,12-13H2,1-4H3,(H,28,31,35)(H,29,30,32). The summed E-state index contributed by atoms with van der Waals surface area (Å²) in [6.07, 6.45) is 8.34. The number of thiophene rings is 1. The van der Waals surface area contributed by atoms with Crippen LogP contribution in [0.15, 0.2) is 53.5 Å². The smallest absolute Gasteiger partial charge is 0.222 e. The minimum atomic E-state index is -0.147. The molecule has 0 spiro atoms. The molecular formula is C26H30ClN7OS. The normalized spacial score (nSPS) is 19.6. The van der Waals surface area contributed by atoms with E-state index in [9.17, 15) is 4.79 Å². The molecule has 1 fully saturated rings. The lowest BCUT2D eigenvalue weighted by molar-refractivity contribution is -0.114. The zero-order chi connectivity index (χ0) is 25.4. The number of anilines is 1. The molecule has 1 aliphatic carbocycles. The average Bonchev–Trinajstić information content (AvgIpc) is 3.48. The van der Waals surface area contributed by atoms with Gasteiger partial charge >= 0.3 is 0 Å². The topological polar surface area (TPSA) is 90.0 Å². The molecule has 1 aliphatic heterocycles. The van der Waals surface area contributed by atoms with Crippen LogP contribution in [0.2, 0.25) is 0 Å². The number of likely N-dealkylation sites (tertiary alicyclic amines) is 1. The Morgan fingerprint density at radius 3 is 2.78 bits per heavy atom. The fraction of sp³-hybridized carbons (Fsp3) is 0.385. The summed E-state index contributed by atoms with van der Waals surface area (Å²) in [5.74, 6) is 1.45. The van der Waals surface area contributed by atoms with E-state index < -0.39 is 0 Å². The number of carbonyl (C=O) groups excluding carboxylic acids is 1. The third-order valence-corrected chi connectivity index (χ3v) is 8.39. The Hall–Kier alpha value is -2.85. The average molecular weight is 524 g/mol. The summed E-state index contributed by atoms with van der Waals surface area (Å²) in [7, 11) is 4.38. The maximum absolute atomic E-state index is 11.6. The molecule has 0 radical (unpaired) electrons. The van der Waals surface area contributed by atoms with Crippen LogP contribution in [0.4, 0.5) is 5.82 Å². The van der Waals surface area contributed by atoms with Gasteiger partial charge in [0.2, 0.25) is 5.91 Å². The highest BCUT2D eigenvalue weighted by atomic mass is 35.5. The van der Waals surface area contributed by atoms with Gasteiger partial charge in [-0.1, -0.05) is 24.6 Å². The molecule has 0 bridgehead atoms. The lowest BCUT2D eigenvalue weighted by Crippen LogP contribution is -2.57. The van der Waals surface area contributed by atoms with E-state index in [2.05, 4.69) is 68.4 Å². The molecule has 8 nitrogen and oxygen atoms in total. The van der Waals surface area contributed by atoms with Crippen molar-refractivity contribution in [3.63, 3.8) is 0 Å². The number of amides is 1. The Balaban J connectivity index is 1.64. The lowest BCUT2D eigenvalue weighted by atomic mass is 9.83. The fourth-order valence-corrected chi connectivity index (χ4v) is 6.47. The SMILES string of the molecule is CC(=O)Nc1cc(-c2cc(C(C3=CC=C(Cl)CC3C)N(C)C3CN(C)C3)c(-c3ncn[nH]3)s2)ccn1. The van der Waals surface area contributed by atoms with Crippen molar-refractivity contribution < 1.29 is 4.79 Å². The fourth-order valence-electron chi connectivity index (χ4n) is 5.04. The van der Waals surface area contributed by atoms with Gasteiger partial charge in [0.15, 0.2) is 5.82 Å². The van der Waals surface area contributed by atoms with Crippen molar-refractivity contribution in [1.29, 1.82) is 0 Å². The number of aromatic nitrogens is 4. The number of halogens is 1. The molecule has 0 aromatic carbocycles. The summed E-state index contributed by atoms with van der Waals surface area (Å²) >= 11 is 8.08. The number of rotatable bonds is 7. The van der Waals surface area contributed by atoms with Crippen LogP contribution in [-0.4, -0.2) is 69.1 Å². The van der Waals surface area contributed by atoms with Gasteiger partial charge in [0.1, 0.15) is 12.1 Å². The van der Waals surface area contributed by atoms with Gasteiger partial charge in [-0.15, -0.1) is 11.3 Å². The van der Waals surface area contributed by atoms with Crippen molar-refractivity contribution in [3.8, 4) is 21.1 Å². The van der Waals surface area contributed by atoms with Gasteiger partial charge in [0.05, 0.1) is 10.9 Å². The number of nitrogens with one attached hydrogen (secondary N) is 2. The molecule has 1 amide bonds. The molecule has 0 saturated carbocycles. The second-order valence-corrected chi connectivity index (χ2v) is 11.2. The Morgan fingerprint density at radius 2 is 2.11 bits per heavy atom. The second-order valence-electron chi connectivity index (χ2n) is 9.67. The van der Waals surface area contributed by atoms with E-state index in [-0.39, 0.29) is 11.9 Å². The first-order valence-electron chi connectivity index (χ1n) is 12.0. The van der Waals surface area contributed by atoms with Gasteiger partial charge in [-0.2, -0.15) is 5.10 Å². The van der Waals surface area contributed by atoms with Gasteiger partial charge in [0, 0.05) is 42.2 Å². The third kappa shape index (κ3) is 5.01. The van der Waals surface area contributed by atoms with E-state index in [4.69, 9.17) is 11.6 Å². The van der Waals surface area contributed by atoms with Crippen LogP contribution >= 0.6 is 22.9 Å². The van der Waals surface area contributed by atoms with E-state index in [1.165, 1.54) is 18.1 Å². The van der Waals surface area contributed by atoms with Crippen molar-refractivity contribution in [1.82, 2.24) is 30.0 Å². The van der Waals surface area contributed by atoms with Crippen molar-refractivity contribution in [2.75, 3.05) is 32.5 Å². The minimum Gasteiger partial charge on any atom is -0.311 e. The van der Waals surface area contributed by atoms with E-state index in [0.717, 1.165) is 45.7 Å². The van der Waals surface area contributed by atoms with Gasteiger partial charge in [-0.05, 0) is 67.4 Å². The zero-order valence-electron chi connectivity index (χ0n) is 20.8. The molecule has 3 aromatic heterocycles. The van der Waals surface area contributed by atoms with E-state index in [1.54, 1.807) is 23.9 Å². The first-order chi connectivity index (χ1) is 17.3. The highest BCUT2D eigenvalue weighted by Crippen LogP contribution is 2.47. The molecular weight excluding hydrogens is 494 g/mol. The first-order valence-corrected chi connectivity index (χ1v) is 13.2. The van der Waals surface area contributed by atoms with Crippen LogP contribution in [0.1, 0.15) is 31.9 Å². The number of hydrogen-bond acceptors (Lipinski definition) is 7. The maximum Gasteiger partial charge on any atom is 0.222 e. The van der Waals surface area contributed by atoms with Crippen molar-refractivity contribution in [3.05, 3.63) is 59.0 Å². The lowest BCUT2D eigenvalue weighted by Gasteiger charge is -2.46. The molecule has 4 heterocycles. The van der Waals surface area contributed by atoms with Gasteiger partial charge in [-0.25, -0.2) is 9.97 Å².